The number of ether oxygens (including phenoxy) is 1. The van der Waals surface area contributed by atoms with Gasteiger partial charge >= 0.3 is 0 Å². The number of aryl methyl sites for hydroxylation is 1. The lowest BCUT2D eigenvalue weighted by Crippen LogP contribution is -2.44. The molecule has 1 aromatic heterocycles. The molecule has 1 aromatic rings. The van der Waals surface area contributed by atoms with E-state index in [0.717, 1.165) is 29.6 Å². The average molecular weight is 318 g/mol. The van der Waals surface area contributed by atoms with E-state index in [1.165, 1.54) is 0 Å². The summed E-state index contributed by atoms with van der Waals surface area (Å²) >= 11 is 3.54. The molecule has 0 saturated heterocycles. The molecule has 1 atom stereocenters. The number of halogens is 1. The topological polar surface area (TPSA) is 53.1 Å². The number of hydrogen-bond acceptors (Lipinski definition) is 3. The van der Waals surface area contributed by atoms with Gasteiger partial charge < -0.3 is 10.5 Å². The molecule has 0 fully saturated rings. The third-order valence-electron chi connectivity index (χ3n) is 3.62. The highest BCUT2D eigenvalue weighted by molar-refractivity contribution is 9.10. The average Bonchev–Trinajstić information content (AvgIpc) is 2.76. The molecule has 1 rings (SSSR count). The number of rotatable bonds is 7. The fourth-order valence-electron chi connectivity index (χ4n) is 2.45. The van der Waals surface area contributed by atoms with Crippen molar-refractivity contribution in [3.8, 4) is 0 Å². The molecular weight excluding hydrogens is 294 g/mol. The fraction of sp³-hybridized carbons (Fsp3) is 0.769. The number of aromatic nitrogens is 2. The van der Waals surface area contributed by atoms with Crippen LogP contribution in [0.15, 0.2) is 10.7 Å². The van der Waals surface area contributed by atoms with Gasteiger partial charge in [0, 0.05) is 13.2 Å². The lowest BCUT2D eigenvalue weighted by Gasteiger charge is -2.37. The van der Waals surface area contributed by atoms with E-state index in [1.807, 2.05) is 11.6 Å². The molecule has 104 valence electrons. The largest absolute Gasteiger partial charge is 0.373 e. The van der Waals surface area contributed by atoms with Crippen LogP contribution in [-0.2, 0) is 11.3 Å². The highest BCUT2D eigenvalue weighted by Crippen LogP contribution is 2.36. The van der Waals surface area contributed by atoms with Crippen LogP contribution in [0.3, 0.4) is 0 Å². The highest BCUT2D eigenvalue weighted by Gasteiger charge is 2.37. The molecule has 0 amide bonds. The lowest BCUT2D eigenvalue weighted by atomic mass is 9.86. The predicted molar refractivity (Wildman–Crippen MR) is 77.5 cm³/mol. The van der Waals surface area contributed by atoms with Gasteiger partial charge in [-0.2, -0.15) is 5.10 Å². The van der Waals surface area contributed by atoms with E-state index >= 15 is 0 Å². The smallest absolute Gasteiger partial charge is 0.0884 e. The Morgan fingerprint density at radius 3 is 2.44 bits per heavy atom. The van der Waals surface area contributed by atoms with Crippen LogP contribution in [0.2, 0.25) is 0 Å². The summed E-state index contributed by atoms with van der Waals surface area (Å²) in [6, 6.07) is -0.177. The van der Waals surface area contributed by atoms with Crippen molar-refractivity contribution in [2.75, 3.05) is 6.61 Å². The predicted octanol–water partition coefficient (Wildman–Crippen LogP) is 3.26. The van der Waals surface area contributed by atoms with E-state index in [0.29, 0.717) is 6.61 Å². The van der Waals surface area contributed by atoms with Gasteiger partial charge in [0.05, 0.1) is 28.0 Å². The highest BCUT2D eigenvalue weighted by atomic mass is 79.9. The summed E-state index contributed by atoms with van der Waals surface area (Å²) in [5, 5.41) is 4.33. The van der Waals surface area contributed by atoms with E-state index < -0.39 is 0 Å². The van der Waals surface area contributed by atoms with Crippen LogP contribution >= 0.6 is 15.9 Å². The molecule has 0 bridgehead atoms. The van der Waals surface area contributed by atoms with Gasteiger partial charge in [-0.3, -0.25) is 4.68 Å². The Labute approximate surface area is 118 Å². The molecule has 0 spiro atoms. The van der Waals surface area contributed by atoms with E-state index in [4.69, 9.17) is 10.5 Å². The maximum atomic E-state index is 6.49. The fourth-order valence-corrected chi connectivity index (χ4v) is 3.00. The second kappa shape index (κ2) is 6.68. The van der Waals surface area contributed by atoms with Gasteiger partial charge in [-0.05, 0) is 42.6 Å². The van der Waals surface area contributed by atoms with Crippen LogP contribution in [0, 0.1) is 0 Å². The second-order valence-electron chi connectivity index (χ2n) is 4.38. The Morgan fingerprint density at radius 1 is 1.39 bits per heavy atom. The van der Waals surface area contributed by atoms with E-state index in [1.54, 1.807) is 6.20 Å². The minimum Gasteiger partial charge on any atom is -0.373 e. The van der Waals surface area contributed by atoms with E-state index in [-0.39, 0.29) is 11.6 Å². The van der Waals surface area contributed by atoms with Gasteiger partial charge in [0.15, 0.2) is 0 Å². The van der Waals surface area contributed by atoms with E-state index in [2.05, 4.69) is 41.8 Å². The first-order chi connectivity index (χ1) is 8.56. The molecule has 5 heteroatoms. The molecule has 0 saturated carbocycles. The van der Waals surface area contributed by atoms with Gasteiger partial charge in [-0.25, -0.2) is 0 Å². The maximum absolute atomic E-state index is 6.49. The van der Waals surface area contributed by atoms with Crippen molar-refractivity contribution in [3.63, 3.8) is 0 Å². The van der Waals surface area contributed by atoms with E-state index in [9.17, 15) is 0 Å². The van der Waals surface area contributed by atoms with Crippen LogP contribution < -0.4 is 5.73 Å². The summed E-state index contributed by atoms with van der Waals surface area (Å²) in [5.41, 5.74) is 7.19. The van der Waals surface area contributed by atoms with Crippen LogP contribution in [0.5, 0.6) is 0 Å². The van der Waals surface area contributed by atoms with Gasteiger partial charge in [-0.15, -0.1) is 0 Å². The molecule has 0 radical (unpaired) electrons. The number of nitrogens with zero attached hydrogens (tertiary/aromatic N) is 2. The third-order valence-corrected chi connectivity index (χ3v) is 4.23. The summed E-state index contributed by atoms with van der Waals surface area (Å²) in [7, 11) is 0. The van der Waals surface area contributed by atoms with Crippen molar-refractivity contribution in [2.45, 2.75) is 58.7 Å². The van der Waals surface area contributed by atoms with Gasteiger partial charge in [0.1, 0.15) is 0 Å². The Balaban J connectivity index is 3.16. The molecule has 0 aliphatic rings. The zero-order valence-corrected chi connectivity index (χ0v) is 13.3. The van der Waals surface area contributed by atoms with Crippen molar-refractivity contribution >= 4 is 15.9 Å². The SMILES string of the molecule is CCOC(CC)(CC)C(N)c1c(Br)cnn1CC. The molecule has 1 heterocycles. The molecule has 0 aliphatic heterocycles. The quantitative estimate of drug-likeness (QED) is 0.839. The van der Waals surface area contributed by atoms with Crippen molar-refractivity contribution in [3.05, 3.63) is 16.4 Å². The Bertz CT molecular complexity index is 374. The standard InChI is InChI=1S/C13H24BrN3O/c1-5-13(6-2,18-8-4)12(15)11-10(14)9-16-17(11)7-3/h9,12H,5-8,15H2,1-4H3. The van der Waals surface area contributed by atoms with Gasteiger partial charge in [-0.1, -0.05) is 13.8 Å². The van der Waals surface area contributed by atoms with Crippen LogP contribution in [-0.4, -0.2) is 22.0 Å². The Hall–Kier alpha value is -0.390. The summed E-state index contributed by atoms with van der Waals surface area (Å²) < 4.78 is 8.88. The summed E-state index contributed by atoms with van der Waals surface area (Å²) in [5.74, 6) is 0. The van der Waals surface area contributed by atoms with Gasteiger partial charge in [0.2, 0.25) is 0 Å². The minimum absolute atomic E-state index is 0.177. The number of nitrogens with two attached hydrogens (primary N) is 1. The Kier molecular flexibility index (Phi) is 5.82. The summed E-state index contributed by atoms with van der Waals surface area (Å²) in [4.78, 5) is 0. The molecule has 0 aliphatic carbocycles. The summed E-state index contributed by atoms with van der Waals surface area (Å²) in [6.07, 6.45) is 3.58. The van der Waals surface area contributed by atoms with Crippen LogP contribution in [0.1, 0.15) is 52.3 Å². The number of hydrogen-bond donors (Lipinski definition) is 1. The second-order valence-corrected chi connectivity index (χ2v) is 5.23. The van der Waals surface area contributed by atoms with Crippen molar-refractivity contribution in [1.29, 1.82) is 0 Å². The van der Waals surface area contributed by atoms with Crippen molar-refractivity contribution in [2.24, 2.45) is 5.73 Å². The maximum Gasteiger partial charge on any atom is 0.0884 e. The molecule has 4 nitrogen and oxygen atoms in total. The third kappa shape index (κ3) is 2.78. The molecular formula is C13H24BrN3O. The Morgan fingerprint density at radius 2 is 2.00 bits per heavy atom. The normalized spacial score (nSPS) is 13.9. The molecule has 2 N–H and O–H groups in total. The monoisotopic (exact) mass is 317 g/mol. The zero-order valence-electron chi connectivity index (χ0n) is 11.7. The first-order valence-corrected chi connectivity index (χ1v) is 7.46. The van der Waals surface area contributed by atoms with Crippen molar-refractivity contribution in [1.82, 2.24) is 9.78 Å². The minimum atomic E-state index is -0.315. The molecule has 18 heavy (non-hydrogen) atoms. The molecule has 0 aromatic carbocycles. The van der Waals surface area contributed by atoms with Crippen LogP contribution in [0.4, 0.5) is 0 Å². The molecule has 1 unspecified atom stereocenters. The van der Waals surface area contributed by atoms with Crippen molar-refractivity contribution < 1.29 is 4.74 Å². The zero-order chi connectivity index (χ0) is 13.8. The first kappa shape index (κ1) is 15.7. The van der Waals surface area contributed by atoms with Gasteiger partial charge in [0.25, 0.3) is 0 Å². The van der Waals surface area contributed by atoms with Crippen LogP contribution in [0.25, 0.3) is 0 Å². The summed E-state index contributed by atoms with van der Waals surface area (Å²) in [6.45, 7) is 9.81. The lowest BCUT2D eigenvalue weighted by molar-refractivity contribution is -0.0663. The first-order valence-electron chi connectivity index (χ1n) is 6.66.